The Balaban J connectivity index is 1.60. The zero-order valence-electron chi connectivity index (χ0n) is 14.5. The van der Waals surface area contributed by atoms with Crippen LogP contribution in [0.4, 0.5) is 10.6 Å². The van der Waals surface area contributed by atoms with Gasteiger partial charge in [0.2, 0.25) is 0 Å². The van der Waals surface area contributed by atoms with Crippen LogP contribution in [0.1, 0.15) is 39.0 Å². The molecule has 0 radical (unpaired) electrons. The van der Waals surface area contributed by atoms with Crippen LogP contribution in [0.2, 0.25) is 0 Å². The summed E-state index contributed by atoms with van der Waals surface area (Å²) in [4.78, 5) is 16.9. The number of nitrogens with one attached hydrogen (secondary N) is 1. The number of fused-ring (bicyclic) bond motifs is 1. The summed E-state index contributed by atoms with van der Waals surface area (Å²) in [7, 11) is 4.09. The van der Waals surface area contributed by atoms with Gasteiger partial charge in [-0.05, 0) is 46.2 Å². The van der Waals surface area contributed by atoms with Gasteiger partial charge in [-0.3, -0.25) is 10.00 Å². The Kier molecular flexibility index (Phi) is 4.90. The number of anilines is 1. The molecule has 1 aliphatic carbocycles. The second-order valence-corrected chi connectivity index (χ2v) is 7.30. The Morgan fingerprint density at radius 1 is 1.39 bits per heavy atom. The maximum absolute atomic E-state index is 12.7. The summed E-state index contributed by atoms with van der Waals surface area (Å²) in [6.07, 6.45) is 8.07. The van der Waals surface area contributed by atoms with Crippen molar-refractivity contribution in [3.63, 3.8) is 0 Å². The second-order valence-electron chi connectivity index (χ2n) is 7.30. The topological polar surface area (TPSA) is 53.4 Å². The number of urea groups is 1. The highest BCUT2D eigenvalue weighted by Crippen LogP contribution is 2.39. The van der Waals surface area contributed by atoms with Crippen molar-refractivity contribution in [1.29, 1.82) is 0 Å². The molecule has 0 bridgehead atoms. The molecular formula is C17H29N5O. The average Bonchev–Trinajstić information content (AvgIpc) is 3.08. The predicted octanol–water partition coefficient (Wildman–Crippen LogP) is 2.63. The van der Waals surface area contributed by atoms with Crippen LogP contribution in [0, 0.1) is 5.92 Å². The van der Waals surface area contributed by atoms with Gasteiger partial charge in [0.1, 0.15) is 0 Å². The summed E-state index contributed by atoms with van der Waals surface area (Å²) in [6.45, 7) is 3.93. The molecule has 1 saturated carbocycles. The van der Waals surface area contributed by atoms with Crippen LogP contribution in [-0.4, -0.2) is 58.3 Å². The minimum atomic E-state index is 0.0183. The molecule has 0 aromatic carbocycles. The first-order valence-corrected chi connectivity index (χ1v) is 8.82. The van der Waals surface area contributed by atoms with Crippen molar-refractivity contribution in [3.8, 4) is 0 Å². The highest BCUT2D eigenvalue weighted by Gasteiger charge is 2.42. The third-order valence-corrected chi connectivity index (χ3v) is 5.23. The van der Waals surface area contributed by atoms with Crippen molar-refractivity contribution in [2.75, 3.05) is 26.0 Å². The molecule has 6 heteroatoms. The predicted molar refractivity (Wildman–Crippen MR) is 91.5 cm³/mol. The molecule has 1 N–H and O–H groups in total. The van der Waals surface area contributed by atoms with Crippen LogP contribution in [-0.2, 0) is 6.54 Å². The lowest BCUT2D eigenvalue weighted by Gasteiger charge is -2.33. The minimum absolute atomic E-state index is 0.0183. The van der Waals surface area contributed by atoms with Crippen molar-refractivity contribution in [3.05, 3.63) is 12.3 Å². The first-order chi connectivity index (χ1) is 11.0. The van der Waals surface area contributed by atoms with E-state index in [1.807, 2.05) is 31.0 Å². The normalized spacial score (nSPS) is 27.3. The molecule has 1 aromatic rings. The summed E-state index contributed by atoms with van der Waals surface area (Å²) in [6, 6.07) is 2.66. The Hall–Kier alpha value is -1.56. The molecule has 3 rings (SSSR count). The van der Waals surface area contributed by atoms with E-state index in [4.69, 9.17) is 0 Å². The van der Waals surface area contributed by atoms with Crippen LogP contribution >= 0.6 is 0 Å². The molecule has 2 amide bonds. The van der Waals surface area contributed by atoms with Crippen LogP contribution in [0.25, 0.3) is 0 Å². The van der Waals surface area contributed by atoms with Gasteiger partial charge < -0.3 is 9.80 Å². The fourth-order valence-corrected chi connectivity index (χ4v) is 4.09. The quantitative estimate of drug-likeness (QED) is 0.928. The Labute approximate surface area is 138 Å². The van der Waals surface area contributed by atoms with Gasteiger partial charge in [-0.1, -0.05) is 12.8 Å². The zero-order valence-corrected chi connectivity index (χ0v) is 14.5. The molecule has 128 valence electrons. The maximum Gasteiger partial charge on any atom is 0.323 e. The summed E-state index contributed by atoms with van der Waals surface area (Å²) in [5.74, 6) is 1.35. The van der Waals surface area contributed by atoms with E-state index >= 15 is 0 Å². The van der Waals surface area contributed by atoms with Crippen molar-refractivity contribution < 1.29 is 4.79 Å². The largest absolute Gasteiger partial charge is 0.323 e. The number of likely N-dealkylation sites (tertiary alicyclic amines) is 1. The number of carbonyl (C=O) groups excluding carboxylic acids is 1. The Morgan fingerprint density at radius 2 is 2.17 bits per heavy atom. The number of carbonyl (C=O) groups is 1. The van der Waals surface area contributed by atoms with Gasteiger partial charge in [0.05, 0.1) is 6.54 Å². The van der Waals surface area contributed by atoms with E-state index in [0.717, 1.165) is 25.9 Å². The number of hydrogen-bond acceptors (Lipinski definition) is 3. The van der Waals surface area contributed by atoms with Gasteiger partial charge >= 0.3 is 6.03 Å². The summed E-state index contributed by atoms with van der Waals surface area (Å²) < 4.78 is 1.88. The summed E-state index contributed by atoms with van der Waals surface area (Å²) in [5.41, 5.74) is 0. The monoisotopic (exact) mass is 319 g/mol. The first kappa shape index (κ1) is 16.3. The van der Waals surface area contributed by atoms with Crippen molar-refractivity contribution in [1.82, 2.24) is 19.6 Å². The average molecular weight is 319 g/mol. The summed E-state index contributed by atoms with van der Waals surface area (Å²) >= 11 is 0. The number of likely N-dealkylation sites (N-methyl/N-ethyl adjacent to an activating group) is 1. The number of nitrogens with zero attached hydrogens (tertiary/aromatic N) is 4. The van der Waals surface area contributed by atoms with Crippen LogP contribution in [0.5, 0.6) is 0 Å². The number of aromatic nitrogens is 2. The van der Waals surface area contributed by atoms with Gasteiger partial charge in [-0.15, -0.1) is 0 Å². The minimum Gasteiger partial charge on any atom is -0.319 e. The highest BCUT2D eigenvalue weighted by atomic mass is 16.2. The highest BCUT2D eigenvalue weighted by molar-refractivity contribution is 5.89. The molecule has 0 spiro atoms. The standard InChI is InChI=1S/C17H29N5O/c1-13-12-14-6-4-5-7-15(14)22(13)17(23)18-16-8-9-21(19-16)11-10-20(2)3/h8-9,13-15H,4-7,10-12H2,1-3H3,(H,18,19,23)/t13-,14+,15-/m1/s1. The number of hydrogen-bond donors (Lipinski definition) is 1. The lowest BCUT2D eigenvalue weighted by molar-refractivity contribution is 0.168. The molecule has 1 aromatic heterocycles. The fraction of sp³-hybridized carbons (Fsp3) is 0.765. The van der Waals surface area contributed by atoms with Crippen molar-refractivity contribution >= 4 is 11.8 Å². The van der Waals surface area contributed by atoms with Crippen LogP contribution < -0.4 is 5.32 Å². The molecule has 1 aliphatic heterocycles. The molecule has 23 heavy (non-hydrogen) atoms. The molecule has 2 aliphatic rings. The third kappa shape index (κ3) is 3.68. The lowest BCUT2D eigenvalue weighted by Crippen LogP contribution is -2.44. The lowest BCUT2D eigenvalue weighted by atomic mass is 9.85. The van der Waals surface area contributed by atoms with E-state index in [2.05, 4.69) is 27.1 Å². The van der Waals surface area contributed by atoms with Gasteiger partial charge in [0, 0.05) is 30.9 Å². The Bertz CT molecular complexity index is 541. The van der Waals surface area contributed by atoms with E-state index in [1.54, 1.807) is 0 Å². The molecular weight excluding hydrogens is 290 g/mol. The van der Waals surface area contributed by atoms with Crippen molar-refractivity contribution in [2.45, 2.75) is 57.7 Å². The first-order valence-electron chi connectivity index (χ1n) is 8.82. The van der Waals surface area contributed by atoms with Gasteiger partial charge in [0.25, 0.3) is 0 Å². The second kappa shape index (κ2) is 6.91. The smallest absolute Gasteiger partial charge is 0.319 e. The maximum atomic E-state index is 12.7. The zero-order chi connectivity index (χ0) is 16.4. The molecule has 2 fully saturated rings. The van der Waals surface area contributed by atoms with E-state index < -0.39 is 0 Å². The van der Waals surface area contributed by atoms with E-state index in [-0.39, 0.29) is 6.03 Å². The number of rotatable bonds is 4. The molecule has 1 saturated heterocycles. The Morgan fingerprint density at radius 3 is 2.96 bits per heavy atom. The van der Waals surface area contributed by atoms with E-state index in [0.29, 0.717) is 23.8 Å². The summed E-state index contributed by atoms with van der Waals surface area (Å²) in [5, 5.41) is 7.45. The molecule has 0 unspecified atom stereocenters. The van der Waals surface area contributed by atoms with Crippen molar-refractivity contribution in [2.24, 2.45) is 5.92 Å². The van der Waals surface area contributed by atoms with E-state index in [1.165, 1.54) is 19.3 Å². The molecule has 3 atom stereocenters. The number of amides is 2. The SMILES string of the molecule is C[C@@H]1C[C@@H]2CCCC[C@H]2N1C(=O)Nc1ccn(CCN(C)C)n1. The molecule has 6 nitrogen and oxygen atoms in total. The fourth-order valence-electron chi connectivity index (χ4n) is 4.09. The van der Waals surface area contributed by atoms with E-state index in [9.17, 15) is 4.79 Å². The van der Waals surface area contributed by atoms with Gasteiger partial charge in [-0.25, -0.2) is 4.79 Å². The molecule has 2 heterocycles. The van der Waals surface area contributed by atoms with Crippen LogP contribution in [0.15, 0.2) is 12.3 Å². The van der Waals surface area contributed by atoms with Gasteiger partial charge in [0.15, 0.2) is 5.82 Å². The third-order valence-electron chi connectivity index (χ3n) is 5.23. The van der Waals surface area contributed by atoms with Gasteiger partial charge in [-0.2, -0.15) is 5.10 Å². The van der Waals surface area contributed by atoms with Crippen LogP contribution in [0.3, 0.4) is 0 Å².